The standard InChI is InChI=1S/C17H20FN5O3.ClH/c18-13-5-3-11(4-6-13)16-21-17(26-22-16)12-2-1-7-23(10-12)15(25)9-20-14(24)8-19;/h3-6,12H,1-2,7-10,19H2,(H,20,24);1H. The Morgan fingerprint density at radius 1 is 1.33 bits per heavy atom. The van der Waals surface area contributed by atoms with E-state index in [4.69, 9.17) is 10.3 Å². The molecule has 8 nitrogen and oxygen atoms in total. The summed E-state index contributed by atoms with van der Waals surface area (Å²) in [6.07, 6.45) is 1.62. The lowest BCUT2D eigenvalue weighted by molar-refractivity contribution is -0.133. The lowest BCUT2D eigenvalue weighted by Gasteiger charge is -2.31. The Kier molecular flexibility index (Phi) is 7.26. The number of carbonyl (C=O) groups excluding carboxylic acids is 2. The Morgan fingerprint density at radius 3 is 2.78 bits per heavy atom. The van der Waals surface area contributed by atoms with Crippen LogP contribution >= 0.6 is 12.4 Å². The number of piperidine rings is 1. The predicted molar refractivity (Wildman–Crippen MR) is 97.6 cm³/mol. The minimum absolute atomic E-state index is 0. The maximum absolute atomic E-state index is 13.0. The van der Waals surface area contributed by atoms with Crippen LogP contribution in [0.5, 0.6) is 0 Å². The van der Waals surface area contributed by atoms with Gasteiger partial charge in [0.2, 0.25) is 23.5 Å². The van der Waals surface area contributed by atoms with Gasteiger partial charge in [0.15, 0.2) is 0 Å². The second kappa shape index (κ2) is 9.43. The third-order valence-corrected chi connectivity index (χ3v) is 4.29. The highest BCUT2D eigenvalue weighted by molar-refractivity contribution is 5.85. The summed E-state index contributed by atoms with van der Waals surface area (Å²) in [7, 11) is 0. The Bertz CT molecular complexity index is 783. The van der Waals surface area contributed by atoms with Crippen molar-refractivity contribution in [3.8, 4) is 11.4 Å². The maximum Gasteiger partial charge on any atom is 0.241 e. The van der Waals surface area contributed by atoms with Crippen LogP contribution in [0.15, 0.2) is 28.8 Å². The monoisotopic (exact) mass is 397 g/mol. The van der Waals surface area contributed by atoms with E-state index >= 15 is 0 Å². The van der Waals surface area contributed by atoms with E-state index in [9.17, 15) is 14.0 Å². The van der Waals surface area contributed by atoms with Gasteiger partial charge in [0.05, 0.1) is 19.0 Å². The summed E-state index contributed by atoms with van der Waals surface area (Å²) in [4.78, 5) is 29.5. The summed E-state index contributed by atoms with van der Waals surface area (Å²) in [6.45, 7) is 0.840. The molecule has 0 radical (unpaired) electrons. The normalized spacial score (nSPS) is 16.5. The van der Waals surface area contributed by atoms with Crippen molar-refractivity contribution in [2.75, 3.05) is 26.2 Å². The van der Waals surface area contributed by atoms with E-state index in [0.29, 0.717) is 30.4 Å². The number of rotatable bonds is 5. The van der Waals surface area contributed by atoms with Crippen molar-refractivity contribution in [1.29, 1.82) is 0 Å². The van der Waals surface area contributed by atoms with Gasteiger partial charge in [-0.25, -0.2) is 4.39 Å². The van der Waals surface area contributed by atoms with Crippen LogP contribution in [-0.4, -0.2) is 53.0 Å². The molecule has 3 N–H and O–H groups in total. The number of nitrogens with one attached hydrogen (secondary N) is 1. The fraction of sp³-hybridized carbons (Fsp3) is 0.412. The van der Waals surface area contributed by atoms with Crippen LogP contribution in [-0.2, 0) is 9.59 Å². The molecule has 0 aliphatic carbocycles. The highest BCUT2D eigenvalue weighted by atomic mass is 35.5. The van der Waals surface area contributed by atoms with Gasteiger partial charge in [-0.2, -0.15) is 4.98 Å². The van der Waals surface area contributed by atoms with Gasteiger partial charge in [0.1, 0.15) is 5.82 Å². The summed E-state index contributed by atoms with van der Waals surface area (Å²) in [6, 6.07) is 5.84. The molecule has 146 valence electrons. The second-order valence-electron chi connectivity index (χ2n) is 6.12. The fourth-order valence-corrected chi connectivity index (χ4v) is 2.88. The van der Waals surface area contributed by atoms with Gasteiger partial charge in [-0.15, -0.1) is 12.4 Å². The fourth-order valence-electron chi connectivity index (χ4n) is 2.88. The van der Waals surface area contributed by atoms with Gasteiger partial charge in [0.25, 0.3) is 0 Å². The predicted octanol–water partition coefficient (Wildman–Crippen LogP) is 1.08. The minimum Gasteiger partial charge on any atom is -0.346 e. The topological polar surface area (TPSA) is 114 Å². The molecule has 1 unspecified atom stereocenters. The van der Waals surface area contributed by atoms with E-state index in [1.165, 1.54) is 12.1 Å². The molecule has 2 heterocycles. The SMILES string of the molecule is Cl.NCC(=O)NCC(=O)N1CCCC(c2nc(-c3ccc(F)cc3)no2)C1. The molecule has 2 amide bonds. The van der Waals surface area contributed by atoms with Gasteiger partial charge in [-0.05, 0) is 37.1 Å². The van der Waals surface area contributed by atoms with Crippen molar-refractivity contribution >= 4 is 24.2 Å². The quantitative estimate of drug-likeness (QED) is 0.780. The summed E-state index contributed by atoms with van der Waals surface area (Å²) in [5.74, 6) is -0.103. The maximum atomic E-state index is 13.0. The molecule has 0 bridgehead atoms. The van der Waals surface area contributed by atoms with E-state index < -0.39 is 0 Å². The molecule has 1 fully saturated rings. The molecule has 2 aromatic rings. The summed E-state index contributed by atoms with van der Waals surface area (Å²) in [5.41, 5.74) is 5.87. The third-order valence-electron chi connectivity index (χ3n) is 4.29. The van der Waals surface area contributed by atoms with Crippen LogP contribution in [0, 0.1) is 5.82 Å². The van der Waals surface area contributed by atoms with Crippen molar-refractivity contribution in [3.05, 3.63) is 36.0 Å². The highest BCUT2D eigenvalue weighted by Crippen LogP contribution is 2.27. The number of hydrogen-bond acceptors (Lipinski definition) is 6. The molecule has 1 aromatic heterocycles. The molecular formula is C17H21ClFN5O3. The van der Waals surface area contributed by atoms with Crippen molar-refractivity contribution in [1.82, 2.24) is 20.4 Å². The largest absolute Gasteiger partial charge is 0.346 e. The van der Waals surface area contributed by atoms with Crippen LogP contribution in [0.4, 0.5) is 4.39 Å². The number of amides is 2. The summed E-state index contributed by atoms with van der Waals surface area (Å²) < 4.78 is 18.4. The number of hydrogen-bond donors (Lipinski definition) is 2. The van der Waals surface area contributed by atoms with Crippen LogP contribution < -0.4 is 11.1 Å². The first kappa shape index (κ1) is 20.8. The number of likely N-dealkylation sites (tertiary alicyclic amines) is 1. The van der Waals surface area contributed by atoms with Gasteiger partial charge in [0, 0.05) is 18.7 Å². The zero-order chi connectivity index (χ0) is 18.5. The van der Waals surface area contributed by atoms with E-state index in [1.54, 1.807) is 17.0 Å². The van der Waals surface area contributed by atoms with Crippen molar-refractivity contribution < 1.29 is 18.5 Å². The molecular weight excluding hydrogens is 377 g/mol. The molecule has 1 aliphatic heterocycles. The Hall–Kier alpha value is -2.52. The highest BCUT2D eigenvalue weighted by Gasteiger charge is 2.28. The average Bonchev–Trinajstić information content (AvgIpc) is 3.16. The molecule has 1 saturated heterocycles. The van der Waals surface area contributed by atoms with E-state index in [-0.39, 0.29) is 49.0 Å². The lowest BCUT2D eigenvalue weighted by atomic mass is 9.98. The number of benzene rings is 1. The molecule has 3 rings (SSSR count). The zero-order valence-electron chi connectivity index (χ0n) is 14.6. The number of aromatic nitrogens is 2. The summed E-state index contributed by atoms with van der Waals surface area (Å²) in [5, 5.41) is 6.43. The van der Waals surface area contributed by atoms with Crippen LogP contribution in [0.25, 0.3) is 11.4 Å². The molecule has 1 aliphatic rings. The molecule has 1 aromatic carbocycles. The van der Waals surface area contributed by atoms with Crippen LogP contribution in [0.2, 0.25) is 0 Å². The van der Waals surface area contributed by atoms with E-state index in [1.807, 2.05) is 0 Å². The van der Waals surface area contributed by atoms with Crippen LogP contribution in [0.1, 0.15) is 24.7 Å². The zero-order valence-corrected chi connectivity index (χ0v) is 15.4. The first-order valence-electron chi connectivity index (χ1n) is 8.41. The number of halogens is 2. The van der Waals surface area contributed by atoms with Crippen LogP contribution in [0.3, 0.4) is 0 Å². The van der Waals surface area contributed by atoms with Crippen molar-refractivity contribution in [2.24, 2.45) is 5.73 Å². The Morgan fingerprint density at radius 2 is 2.07 bits per heavy atom. The van der Waals surface area contributed by atoms with Crippen molar-refractivity contribution in [3.63, 3.8) is 0 Å². The third kappa shape index (κ3) is 5.24. The number of nitrogens with zero attached hydrogens (tertiary/aromatic N) is 3. The molecule has 0 spiro atoms. The van der Waals surface area contributed by atoms with Crippen molar-refractivity contribution in [2.45, 2.75) is 18.8 Å². The smallest absolute Gasteiger partial charge is 0.241 e. The first-order chi connectivity index (χ1) is 12.6. The molecule has 10 heteroatoms. The Balaban J connectivity index is 0.00000261. The van der Waals surface area contributed by atoms with Gasteiger partial charge in [-0.1, -0.05) is 5.16 Å². The van der Waals surface area contributed by atoms with Gasteiger partial charge >= 0.3 is 0 Å². The average molecular weight is 398 g/mol. The minimum atomic E-state index is -0.368. The number of carbonyl (C=O) groups is 2. The Labute approximate surface area is 161 Å². The lowest BCUT2D eigenvalue weighted by Crippen LogP contribution is -2.45. The second-order valence-corrected chi connectivity index (χ2v) is 6.12. The molecule has 1 atom stereocenters. The van der Waals surface area contributed by atoms with E-state index in [2.05, 4.69) is 15.5 Å². The molecule has 0 saturated carbocycles. The van der Waals surface area contributed by atoms with E-state index in [0.717, 1.165) is 12.8 Å². The van der Waals surface area contributed by atoms with Gasteiger partial charge in [-0.3, -0.25) is 9.59 Å². The molecule has 27 heavy (non-hydrogen) atoms. The van der Waals surface area contributed by atoms with Gasteiger partial charge < -0.3 is 20.5 Å². The summed E-state index contributed by atoms with van der Waals surface area (Å²) >= 11 is 0. The number of nitrogens with two attached hydrogens (primary N) is 1. The first-order valence-corrected chi connectivity index (χ1v) is 8.41.